The van der Waals surface area contributed by atoms with E-state index in [1.807, 2.05) is 0 Å². The van der Waals surface area contributed by atoms with E-state index in [1.165, 1.54) is 6.42 Å². The summed E-state index contributed by atoms with van der Waals surface area (Å²) in [6, 6.07) is 0. The van der Waals surface area contributed by atoms with Crippen LogP contribution in [0.1, 0.15) is 34.1 Å². The average Bonchev–Trinajstić information content (AvgIpc) is 2.41. The molecule has 1 nitrogen and oxygen atoms in total. The third kappa shape index (κ3) is 0.983. The molecule has 1 heterocycles. The molecule has 1 fully saturated rings. The van der Waals surface area contributed by atoms with Gasteiger partial charge in [-0.3, -0.25) is 0 Å². The molecular formula is C8H16O. The van der Waals surface area contributed by atoms with Gasteiger partial charge in [-0.05, 0) is 19.8 Å². The summed E-state index contributed by atoms with van der Waals surface area (Å²) in [5.41, 5.74) is 0.217. The van der Waals surface area contributed by atoms with Crippen molar-refractivity contribution >= 4 is 0 Å². The molecule has 0 saturated carbocycles. The van der Waals surface area contributed by atoms with Gasteiger partial charge >= 0.3 is 0 Å². The second-order valence-electron chi connectivity index (χ2n) is 3.25. The lowest BCUT2D eigenvalue weighted by atomic mass is 9.91. The Hall–Kier alpha value is -0.0400. The van der Waals surface area contributed by atoms with Crippen LogP contribution in [0.4, 0.5) is 0 Å². The van der Waals surface area contributed by atoms with Gasteiger partial charge in [-0.1, -0.05) is 20.3 Å². The highest BCUT2D eigenvalue weighted by Gasteiger charge is 2.51. The first-order valence-corrected chi connectivity index (χ1v) is 3.79. The summed E-state index contributed by atoms with van der Waals surface area (Å²) in [6.45, 7) is 8.81. The Balaban J connectivity index is 2.43. The Kier molecular flexibility index (Phi) is 1.55. The molecule has 0 aromatic heterocycles. The molecule has 0 aromatic rings. The van der Waals surface area contributed by atoms with E-state index in [-0.39, 0.29) is 5.60 Å². The van der Waals surface area contributed by atoms with Gasteiger partial charge in [-0.15, -0.1) is 0 Å². The Bertz CT molecular complexity index is 111. The highest BCUT2D eigenvalue weighted by molar-refractivity contribution is 4.99. The van der Waals surface area contributed by atoms with E-state index in [0.29, 0.717) is 12.0 Å². The Morgan fingerprint density at radius 1 is 1.67 bits per heavy atom. The minimum absolute atomic E-state index is 0.217. The molecule has 1 aliphatic rings. The van der Waals surface area contributed by atoms with E-state index >= 15 is 0 Å². The van der Waals surface area contributed by atoms with Gasteiger partial charge in [-0.2, -0.15) is 0 Å². The van der Waals surface area contributed by atoms with Crippen LogP contribution in [0.3, 0.4) is 0 Å². The minimum Gasteiger partial charge on any atom is -0.366 e. The van der Waals surface area contributed by atoms with Crippen molar-refractivity contribution < 1.29 is 4.74 Å². The zero-order valence-electron chi connectivity index (χ0n) is 6.77. The fraction of sp³-hybridized carbons (Fsp3) is 1.00. The van der Waals surface area contributed by atoms with Gasteiger partial charge in [-0.25, -0.2) is 0 Å². The van der Waals surface area contributed by atoms with Crippen molar-refractivity contribution in [3.63, 3.8) is 0 Å². The molecule has 1 aliphatic heterocycles. The molecule has 0 aliphatic carbocycles. The predicted molar refractivity (Wildman–Crippen MR) is 38.4 cm³/mol. The van der Waals surface area contributed by atoms with Crippen molar-refractivity contribution in [3.8, 4) is 0 Å². The molecule has 54 valence electrons. The van der Waals surface area contributed by atoms with E-state index in [1.54, 1.807) is 0 Å². The third-order valence-electron chi connectivity index (χ3n) is 2.77. The number of rotatable bonds is 2. The van der Waals surface area contributed by atoms with E-state index in [9.17, 15) is 0 Å². The maximum absolute atomic E-state index is 5.46. The van der Waals surface area contributed by atoms with E-state index < -0.39 is 0 Å². The summed E-state index contributed by atoms with van der Waals surface area (Å²) in [6.07, 6.45) is 1.72. The number of hydrogen-bond donors (Lipinski definition) is 0. The smallest absolute Gasteiger partial charge is 0.0942 e. The van der Waals surface area contributed by atoms with Crippen molar-refractivity contribution in [2.24, 2.45) is 5.92 Å². The summed E-state index contributed by atoms with van der Waals surface area (Å²) in [5, 5.41) is 0. The molecule has 1 saturated heterocycles. The summed E-state index contributed by atoms with van der Waals surface area (Å²) < 4.78 is 5.46. The van der Waals surface area contributed by atoms with E-state index in [2.05, 4.69) is 27.7 Å². The summed E-state index contributed by atoms with van der Waals surface area (Å²) >= 11 is 0. The van der Waals surface area contributed by atoms with Gasteiger partial charge in [0.05, 0.1) is 11.7 Å². The maximum Gasteiger partial charge on any atom is 0.0942 e. The lowest BCUT2D eigenvalue weighted by Crippen LogP contribution is -2.18. The zero-order valence-corrected chi connectivity index (χ0v) is 6.77. The standard InChI is InChI=1S/C8H16O/c1-5-6(2)8(4)7(3)9-8/h6-7H,5H2,1-4H3. The molecule has 0 radical (unpaired) electrons. The van der Waals surface area contributed by atoms with Crippen LogP contribution in [-0.4, -0.2) is 11.7 Å². The molecule has 0 aromatic carbocycles. The monoisotopic (exact) mass is 128 g/mol. The topological polar surface area (TPSA) is 12.5 Å². The fourth-order valence-electron chi connectivity index (χ4n) is 1.27. The van der Waals surface area contributed by atoms with Crippen LogP contribution in [0, 0.1) is 5.92 Å². The highest BCUT2D eigenvalue weighted by atomic mass is 16.6. The second kappa shape index (κ2) is 1.98. The molecule has 0 bridgehead atoms. The minimum atomic E-state index is 0.217. The van der Waals surface area contributed by atoms with Crippen LogP contribution in [0.5, 0.6) is 0 Å². The van der Waals surface area contributed by atoms with Crippen LogP contribution < -0.4 is 0 Å². The lowest BCUT2D eigenvalue weighted by molar-refractivity contribution is 0.240. The second-order valence-corrected chi connectivity index (χ2v) is 3.25. The van der Waals surface area contributed by atoms with Gasteiger partial charge in [0.2, 0.25) is 0 Å². The fourth-order valence-corrected chi connectivity index (χ4v) is 1.27. The molecule has 0 N–H and O–H groups in total. The normalized spacial score (nSPS) is 44.7. The number of ether oxygens (including phenoxy) is 1. The van der Waals surface area contributed by atoms with Crippen molar-refractivity contribution in [2.45, 2.75) is 45.8 Å². The van der Waals surface area contributed by atoms with Gasteiger partial charge in [0.1, 0.15) is 0 Å². The molecular weight excluding hydrogens is 112 g/mol. The summed E-state index contributed by atoms with van der Waals surface area (Å²) in [5.74, 6) is 0.715. The number of hydrogen-bond acceptors (Lipinski definition) is 1. The van der Waals surface area contributed by atoms with Crippen molar-refractivity contribution in [1.29, 1.82) is 0 Å². The van der Waals surface area contributed by atoms with Gasteiger partial charge in [0.25, 0.3) is 0 Å². The van der Waals surface area contributed by atoms with E-state index in [4.69, 9.17) is 4.74 Å². The Morgan fingerprint density at radius 2 is 2.11 bits per heavy atom. The first-order chi connectivity index (χ1) is 4.11. The first kappa shape index (κ1) is 7.07. The molecule has 9 heavy (non-hydrogen) atoms. The van der Waals surface area contributed by atoms with Crippen LogP contribution in [0.25, 0.3) is 0 Å². The van der Waals surface area contributed by atoms with E-state index in [0.717, 1.165) is 0 Å². The van der Waals surface area contributed by atoms with Crippen LogP contribution in [0.15, 0.2) is 0 Å². The molecule has 3 atom stereocenters. The first-order valence-electron chi connectivity index (χ1n) is 3.79. The Morgan fingerprint density at radius 3 is 2.22 bits per heavy atom. The van der Waals surface area contributed by atoms with Crippen molar-refractivity contribution in [3.05, 3.63) is 0 Å². The third-order valence-corrected chi connectivity index (χ3v) is 2.77. The van der Waals surface area contributed by atoms with Crippen LogP contribution >= 0.6 is 0 Å². The van der Waals surface area contributed by atoms with Crippen molar-refractivity contribution in [2.75, 3.05) is 0 Å². The Labute approximate surface area is 57.4 Å². The molecule has 0 amide bonds. The maximum atomic E-state index is 5.46. The quantitative estimate of drug-likeness (QED) is 0.519. The average molecular weight is 128 g/mol. The van der Waals surface area contributed by atoms with Gasteiger partial charge < -0.3 is 4.74 Å². The predicted octanol–water partition coefficient (Wildman–Crippen LogP) is 2.21. The number of epoxide rings is 1. The highest BCUT2D eigenvalue weighted by Crippen LogP contribution is 2.43. The van der Waals surface area contributed by atoms with Gasteiger partial charge in [0.15, 0.2) is 0 Å². The van der Waals surface area contributed by atoms with Gasteiger partial charge in [0, 0.05) is 0 Å². The summed E-state index contributed by atoms with van der Waals surface area (Å²) in [7, 11) is 0. The van der Waals surface area contributed by atoms with Crippen LogP contribution in [0.2, 0.25) is 0 Å². The molecule has 0 spiro atoms. The SMILES string of the molecule is CCC(C)C1(C)OC1C. The molecule has 1 rings (SSSR count). The van der Waals surface area contributed by atoms with Crippen LogP contribution in [-0.2, 0) is 4.74 Å². The molecule has 1 heteroatoms. The zero-order chi connectivity index (χ0) is 7.07. The largest absolute Gasteiger partial charge is 0.366 e. The summed E-state index contributed by atoms with van der Waals surface area (Å²) in [4.78, 5) is 0. The van der Waals surface area contributed by atoms with Crippen molar-refractivity contribution in [1.82, 2.24) is 0 Å². The lowest BCUT2D eigenvalue weighted by Gasteiger charge is -2.12. The molecule has 3 unspecified atom stereocenters.